The minimum Gasteiger partial charge on any atom is -0.483 e. The molecule has 7 heteroatoms. The lowest BCUT2D eigenvalue weighted by Crippen LogP contribution is -2.50. The number of ether oxygens (including phenoxy) is 1. The van der Waals surface area contributed by atoms with Crippen molar-refractivity contribution in [1.29, 1.82) is 0 Å². The molecule has 168 valence electrons. The summed E-state index contributed by atoms with van der Waals surface area (Å²) in [5.41, 5.74) is 2.84. The van der Waals surface area contributed by atoms with Gasteiger partial charge in [0.05, 0.1) is 10.0 Å². The lowest BCUT2D eigenvalue weighted by Gasteiger charge is -2.29. The van der Waals surface area contributed by atoms with Crippen molar-refractivity contribution >= 4 is 35.0 Å². The van der Waals surface area contributed by atoms with Crippen LogP contribution in [-0.4, -0.2) is 35.4 Å². The SMILES string of the molecule is CC[C@H](C)NC(=O)[C@H](C)N(Cc1ccc(Cl)c(Cl)c1)C(=O)COc1cccc(C)c1C. The van der Waals surface area contributed by atoms with E-state index in [1.54, 1.807) is 25.1 Å². The predicted octanol–water partition coefficient (Wildman–Crippen LogP) is 5.32. The first-order valence-electron chi connectivity index (χ1n) is 10.4. The van der Waals surface area contributed by atoms with Gasteiger partial charge in [-0.1, -0.05) is 48.3 Å². The Kier molecular flexibility index (Phi) is 9.20. The van der Waals surface area contributed by atoms with Gasteiger partial charge in [0, 0.05) is 12.6 Å². The highest BCUT2D eigenvalue weighted by molar-refractivity contribution is 6.42. The van der Waals surface area contributed by atoms with Crippen LogP contribution in [0.15, 0.2) is 36.4 Å². The molecule has 2 amide bonds. The van der Waals surface area contributed by atoms with Gasteiger partial charge in [0.1, 0.15) is 11.8 Å². The highest BCUT2D eigenvalue weighted by Gasteiger charge is 2.27. The van der Waals surface area contributed by atoms with E-state index in [4.69, 9.17) is 27.9 Å². The van der Waals surface area contributed by atoms with E-state index in [1.165, 1.54) is 4.90 Å². The van der Waals surface area contributed by atoms with E-state index in [-0.39, 0.29) is 31.0 Å². The van der Waals surface area contributed by atoms with Gasteiger partial charge in [-0.2, -0.15) is 0 Å². The highest BCUT2D eigenvalue weighted by atomic mass is 35.5. The maximum absolute atomic E-state index is 13.1. The van der Waals surface area contributed by atoms with Crippen molar-refractivity contribution in [3.05, 3.63) is 63.1 Å². The first kappa shape index (κ1) is 25.0. The first-order chi connectivity index (χ1) is 14.6. The number of carbonyl (C=O) groups excluding carboxylic acids is 2. The van der Waals surface area contributed by atoms with Gasteiger partial charge in [0.25, 0.3) is 5.91 Å². The fraction of sp³-hybridized carbons (Fsp3) is 0.417. The number of amides is 2. The molecule has 1 N–H and O–H groups in total. The standard InChI is InChI=1S/C24H30Cl2N2O3/c1-6-16(3)27-24(30)18(5)28(13-19-10-11-20(25)21(26)12-19)23(29)14-31-22-9-7-8-15(2)17(22)4/h7-12,16,18H,6,13-14H2,1-5H3,(H,27,30)/t16-,18-/m0/s1. The minimum absolute atomic E-state index is 0.0167. The maximum Gasteiger partial charge on any atom is 0.261 e. The number of benzene rings is 2. The van der Waals surface area contributed by atoms with Crippen LogP contribution in [0.3, 0.4) is 0 Å². The molecule has 2 aromatic rings. The number of carbonyl (C=O) groups is 2. The maximum atomic E-state index is 13.1. The summed E-state index contributed by atoms with van der Waals surface area (Å²) in [6.45, 7) is 9.61. The third-order valence-electron chi connectivity index (χ3n) is 5.41. The van der Waals surface area contributed by atoms with E-state index < -0.39 is 6.04 Å². The number of nitrogens with zero attached hydrogens (tertiary/aromatic N) is 1. The van der Waals surface area contributed by atoms with E-state index in [0.717, 1.165) is 23.1 Å². The van der Waals surface area contributed by atoms with Crippen molar-refractivity contribution in [2.24, 2.45) is 0 Å². The van der Waals surface area contributed by atoms with Gasteiger partial charge in [-0.05, 0) is 69.0 Å². The third kappa shape index (κ3) is 6.88. The molecular weight excluding hydrogens is 435 g/mol. The average molecular weight is 465 g/mol. The molecule has 31 heavy (non-hydrogen) atoms. The molecule has 0 aromatic heterocycles. The third-order valence-corrected chi connectivity index (χ3v) is 6.15. The van der Waals surface area contributed by atoms with E-state index in [2.05, 4.69) is 5.32 Å². The Hall–Kier alpha value is -2.24. The van der Waals surface area contributed by atoms with Gasteiger partial charge >= 0.3 is 0 Å². The molecule has 5 nitrogen and oxygen atoms in total. The van der Waals surface area contributed by atoms with Crippen molar-refractivity contribution in [1.82, 2.24) is 10.2 Å². The number of rotatable bonds is 9. The Morgan fingerprint density at radius 2 is 1.81 bits per heavy atom. The lowest BCUT2D eigenvalue weighted by atomic mass is 10.1. The molecule has 0 fully saturated rings. The molecular formula is C24H30Cl2N2O3. The Labute approximate surface area is 194 Å². The largest absolute Gasteiger partial charge is 0.483 e. The fourth-order valence-corrected chi connectivity index (χ4v) is 3.31. The number of hydrogen-bond donors (Lipinski definition) is 1. The summed E-state index contributed by atoms with van der Waals surface area (Å²) in [6.07, 6.45) is 0.801. The second-order valence-corrected chi connectivity index (χ2v) is 8.57. The normalized spacial score (nSPS) is 12.7. The van der Waals surface area contributed by atoms with Crippen LogP contribution in [0.5, 0.6) is 5.75 Å². The molecule has 0 aliphatic heterocycles. The Morgan fingerprint density at radius 1 is 1.10 bits per heavy atom. The quantitative estimate of drug-likeness (QED) is 0.545. The zero-order valence-electron chi connectivity index (χ0n) is 18.7. The van der Waals surface area contributed by atoms with Crippen molar-refractivity contribution in [2.75, 3.05) is 6.61 Å². The number of halogens is 2. The second-order valence-electron chi connectivity index (χ2n) is 7.75. The summed E-state index contributed by atoms with van der Waals surface area (Å²) in [4.78, 5) is 27.4. The fourth-order valence-electron chi connectivity index (χ4n) is 2.99. The van der Waals surface area contributed by atoms with Gasteiger partial charge in [-0.3, -0.25) is 9.59 Å². The molecule has 2 atom stereocenters. The van der Waals surface area contributed by atoms with Crippen LogP contribution in [0.1, 0.15) is 43.9 Å². The molecule has 2 aromatic carbocycles. The smallest absolute Gasteiger partial charge is 0.261 e. The zero-order chi connectivity index (χ0) is 23.1. The summed E-state index contributed by atoms with van der Waals surface area (Å²) < 4.78 is 5.80. The summed E-state index contributed by atoms with van der Waals surface area (Å²) in [5, 5.41) is 3.77. The number of aryl methyl sites for hydroxylation is 1. The van der Waals surface area contributed by atoms with Crippen molar-refractivity contribution in [2.45, 2.75) is 59.7 Å². The molecule has 0 spiro atoms. The second kappa shape index (κ2) is 11.4. The minimum atomic E-state index is -0.682. The van der Waals surface area contributed by atoms with E-state index in [9.17, 15) is 9.59 Å². The zero-order valence-corrected chi connectivity index (χ0v) is 20.2. The summed E-state index contributed by atoms with van der Waals surface area (Å²) in [7, 11) is 0. The summed E-state index contributed by atoms with van der Waals surface area (Å²) >= 11 is 12.2. The van der Waals surface area contributed by atoms with Crippen LogP contribution in [0.4, 0.5) is 0 Å². The molecule has 0 saturated carbocycles. The average Bonchev–Trinajstić information content (AvgIpc) is 2.74. The number of hydrogen-bond acceptors (Lipinski definition) is 3. The molecule has 0 aliphatic rings. The molecule has 0 unspecified atom stereocenters. The highest BCUT2D eigenvalue weighted by Crippen LogP contribution is 2.24. The van der Waals surface area contributed by atoms with Gasteiger partial charge in [-0.25, -0.2) is 0 Å². The van der Waals surface area contributed by atoms with Crippen LogP contribution >= 0.6 is 23.2 Å². The van der Waals surface area contributed by atoms with Gasteiger partial charge in [-0.15, -0.1) is 0 Å². The molecule has 0 aliphatic carbocycles. The summed E-state index contributed by atoms with van der Waals surface area (Å²) in [6, 6.07) is 10.2. The molecule has 0 saturated heterocycles. The molecule has 0 heterocycles. The Morgan fingerprint density at radius 3 is 2.45 bits per heavy atom. The monoisotopic (exact) mass is 464 g/mol. The van der Waals surface area contributed by atoms with Crippen LogP contribution < -0.4 is 10.1 Å². The molecule has 2 rings (SSSR count). The van der Waals surface area contributed by atoms with E-state index in [1.807, 2.05) is 45.9 Å². The summed E-state index contributed by atoms with van der Waals surface area (Å²) in [5.74, 6) is 0.146. The van der Waals surface area contributed by atoms with Crippen LogP contribution in [0.2, 0.25) is 10.0 Å². The van der Waals surface area contributed by atoms with Crippen molar-refractivity contribution < 1.29 is 14.3 Å². The Bertz CT molecular complexity index is 933. The van der Waals surface area contributed by atoms with Crippen LogP contribution in [0.25, 0.3) is 0 Å². The molecule has 0 bridgehead atoms. The first-order valence-corrected chi connectivity index (χ1v) is 11.1. The number of nitrogens with one attached hydrogen (secondary N) is 1. The van der Waals surface area contributed by atoms with Crippen molar-refractivity contribution in [3.8, 4) is 5.75 Å². The van der Waals surface area contributed by atoms with Gasteiger partial charge in [0.2, 0.25) is 5.91 Å². The predicted molar refractivity (Wildman–Crippen MR) is 126 cm³/mol. The van der Waals surface area contributed by atoms with Crippen LogP contribution in [-0.2, 0) is 16.1 Å². The van der Waals surface area contributed by atoms with Crippen LogP contribution in [0, 0.1) is 13.8 Å². The van der Waals surface area contributed by atoms with Crippen molar-refractivity contribution in [3.63, 3.8) is 0 Å². The van der Waals surface area contributed by atoms with E-state index >= 15 is 0 Å². The topological polar surface area (TPSA) is 58.6 Å². The van der Waals surface area contributed by atoms with Gasteiger partial charge in [0.15, 0.2) is 6.61 Å². The Balaban J connectivity index is 2.22. The molecule has 0 radical (unpaired) electrons. The lowest BCUT2D eigenvalue weighted by molar-refractivity contribution is -0.142. The van der Waals surface area contributed by atoms with Gasteiger partial charge < -0.3 is 15.0 Å². The van der Waals surface area contributed by atoms with E-state index in [0.29, 0.717) is 15.8 Å².